The Morgan fingerprint density at radius 3 is 2.65 bits per heavy atom. The highest BCUT2D eigenvalue weighted by molar-refractivity contribution is 5.41. The Labute approximate surface area is 104 Å². The van der Waals surface area contributed by atoms with Crippen molar-refractivity contribution >= 4 is 0 Å². The minimum Gasteiger partial charge on any atom is -0.494 e. The van der Waals surface area contributed by atoms with Crippen molar-refractivity contribution in [3.05, 3.63) is 28.8 Å². The van der Waals surface area contributed by atoms with Crippen LogP contribution in [-0.2, 0) is 6.42 Å². The van der Waals surface area contributed by atoms with Crippen LogP contribution in [0.3, 0.4) is 0 Å². The molecule has 1 aromatic rings. The molecule has 0 heterocycles. The molecule has 0 aliphatic heterocycles. The molecule has 17 heavy (non-hydrogen) atoms. The zero-order valence-corrected chi connectivity index (χ0v) is 11.2. The predicted octanol–water partition coefficient (Wildman–Crippen LogP) is 3.00. The quantitative estimate of drug-likeness (QED) is 0.815. The molecule has 94 valence electrons. The van der Waals surface area contributed by atoms with Gasteiger partial charge in [0, 0.05) is 6.04 Å². The first kappa shape index (κ1) is 12.4. The SMILES string of the molecule is CCOc1cc(C)c(CCNC2CC2)cc1C. The Hall–Kier alpha value is -1.02. The van der Waals surface area contributed by atoms with Crippen molar-refractivity contribution in [1.82, 2.24) is 5.32 Å². The van der Waals surface area contributed by atoms with Crippen molar-refractivity contribution in [2.75, 3.05) is 13.2 Å². The van der Waals surface area contributed by atoms with Crippen LogP contribution in [0, 0.1) is 13.8 Å². The van der Waals surface area contributed by atoms with E-state index in [9.17, 15) is 0 Å². The van der Waals surface area contributed by atoms with Crippen molar-refractivity contribution in [2.45, 2.75) is 46.1 Å². The van der Waals surface area contributed by atoms with Gasteiger partial charge in [0.25, 0.3) is 0 Å². The monoisotopic (exact) mass is 233 g/mol. The molecule has 0 spiro atoms. The standard InChI is InChI=1S/C15H23NO/c1-4-17-15-10-11(2)13(9-12(15)3)7-8-16-14-5-6-14/h9-10,14,16H,4-8H2,1-3H3. The molecule has 0 bridgehead atoms. The summed E-state index contributed by atoms with van der Waals surface area (Å²) in [6, 6.07) is 5.25. The van der Waals surface area contributed by atoms with E-state index in [2.05, 4.69) is 31.3 Å². The van der Waals surface area contributed by atoms with Gasteiger partial charge in [0.2, 0.25) is 0 Å². The minimum absolute atomic E-state index is 0.739. The number of nitrogens with one attached hydrogen (secondary N) is 1. The molecular formula is C15H23NO. The molecule has 0 atom stereocenters. The van der Waals surface area contributed by atoms with Crippen LogP contribution >= 0.6 is 0 Å². The van der Waals surface area contributed by atoms with Crippen LogP contribution in [0.1, 0.15) is 36.5 Å². The summed E-state index contributed by atoms with van der Waals surface area (Å²) >= 11 is 0. The van der Waals surface area contributed by atoms with E-state index in [1.54, 1.807) is 0 Å². The van der Waals surface area contributed by atoms with Crippen molar-refractivity contribution in [1.29, 1.82) is 0 Å². The maximum absolute atomic E-state index is 5.61. The molecule has 1 saturated carbocycles. The molecule has 0 radical (unpaired) electrons. The first-order chi connectivity index (χ1) is 8.20. The largest absolute Gasteiger partial charge is 0.494 e. The van der Waals surface area contributed by atoms with Gasteiger partial charge >= 0.3 is 0 Å². The van der Waals surface area contributed by atoms with Crippen molar-refractivity contribution in [3.8, 4) is 5.75 Å². The molecule has 0 saturated heterocycles. The van der Waals surface area contributed by atoms with E-state index in [0.717, 1.165) is 31.4 Å². The van der Waals surface area contributed by atoms with E-state index in [1.165, 1.54) is 29.5 Å². The van der Waals surface area contributed by atoms with E-state index in [0.29, 0.717) is 0 Å². The molecule has 2 rings (SSSR count). The maximum atomic E-state index is 5.61. The van der Waals surface area contributed by atoms with Crippen LogP contribution in [0.5, 0.6) is 5.75 Å². The number of benzene rings is 1. The molecule has 1 N–H and O–H groups in total. The molecule has 2 nitrogen and oxygen atoms in total. The van der Waals surface area contributed by atoms with E-state index in [4.69, 9.17) is 4.74 Å². The van der Waals surface area contributed by atoms with Crippen LogP contribution in [0.15, 0.2) is 12.1 Å². The van der Waals surface area contributed by atoms with Gasteiger partial charge in [-0.1, -0.05) is 6.07 Å². The summed E-state index contributed by atoms with van der Waals surface area (Å²) in [5.74, 6) is 1.03. The number of hydrogen-bond acceptors (Lipinski definition) is 2. The highest BCUT2D eigenvalue weighted by atomic mass is 16.5. The van der Waals surface area contributed by atoms with Gasteiger partial charge in [-0.15, -0.1) is 0 Å². The fourth-order valence-electron chi connectivity index (χ4n) is 2.13. The lowest BCUT2D eigenvalue weighted by atomic mass is 10.0. The summed E-state index contributed by atoms with van der Waals surface area (Å²) in [6.45, 7) is 8.17. The normalized spacial score (nSPS) is 15.0. The minimum atomic E-state index is 0.739. The lowest BCUT2D eigenvalue weighted by Crippen LogP contribution is -2.19. The van der Waals surface area contributed by atoms with Crippen LogP contribution < -0.4 is 10.1 Å². The summed E-state index contributed by atoms with van der Waals surface area (Å²) in [5.41, 5.74) is 4.04. The van der Waals surface area contributed by atoms with E-state index in [-0.39, 0.29) is 0 Å². The number of rotatable bonds is 6. The Balaban J connectivity index is 1.97. The highest BCUT2D eigenvalue weighted by Gasteiger charge is 2.19. The third-order valence-electron chi connectivity index (χ3n) is 3.34. The molecule has 1 fully saturated rings. The molecule has 0 aromatic heterocycles. The molecule has 2 heteroatoms. The fraction of sp³-hybridized carbons (Fsp3) is 0.600. The van der Waals surface area contributed by atoms with Crippen LogP contribution in [0.25, 0.3) is 0 Å². The summed E-state index contributed by atoms with van der Waals surface area (Å²) in [7, 11) is 0. The fourth-order valence-corrected chi connectivity index (χ4v) is 2.13. The van der Waals surface area contributed by atoms with Gasteiger partial charge < -0.3 is 10.1 Å². The number of ether oxygens (including phenoxy) is 1. The van der Waals surface area contributed by atoms with Crippen LogP contribution in [0.2, 0.25) is 0 Å². The van der Waals surface area contributed by atoms with Crippen molar-refractivity contribution in [2.24, 2.45) is 0 Å². The van der Waals surface area contributed by atoms with Gasteiger partial charge in [-0.2, -0.15) is 0 Å². The highest BCUT2D eigenvalue weighted by Crippen LogP contribution is 2.23. The van der Waals surface area contributed by atoms with Gasteiger partial charge in [-0.3, -0.25) is 0 Å². The summed E-state index contributed by atoms with van der Waals surface area (Å²) in [5, 5.41) is 3.56. The van der Waals surface area contributed by atoms with Gasteiger partial charge in [0.05, 0.1) is 6.61 Å². The Morgan fingerprint density at radius 2 is 2.00 bits per heavy atom. The van der Waals surface area contributed by atoms with Gasteiger partial charge in [0.15, 0.2) is 0 Å². The number of aryl methyl sites for hydroxylation is 2. The zero-order valence-electron chi connectivity index (χ0n) is 11.2. The Kier molecular flexibility index (Phi) is 4.06. The smallest absolute Gasteiger partial charge is 0.122 e. The molecule has 0 unspecified atom stereocenters. The van der Waals surface area contributed by atoms with Gasteiger partial charge in [-0.25, -0.2) is 0 Å². The number of hydrogen-bond donors (Lipinski definition) is 1. The average molecular weight is 233 g/mol. The third kappa shape index (κ3) is 3.47. The maximum Gasteiger partial charge on any atom is 0.122 e. The third-order valence-corrected chi connectivity index (χ3v) is 3.34. The molecular weight excluding hydrogens is 210 g/mol. The second-order valence-corrected chi connectivity index (χ2v) is 4.96. The molecule has 1 aliphatic carbocycles. The van der Waals surface area contributed by atoms with Gasteiger partial charge in [0.1, 0.15) is 5.75 Å². The predicted molar refractivity (Wildman–Crippen MR) is 71.8 cm³/mol. The average Bonchev–Trinajstić information content (AvgIpc) is 3.09. The lowest BCUT2D eigenvalue weighted by molar-refractivity contribution is 0.337. The van der Waals surface area contributed by atoms with E-state index < -0.39 is 0 Å². The van der Waals surface area contributed by atoms with Gasteiger partial charge in [-0.05, 0) is 69.3 Å². The molecule has 1 aliphatic rings. The van der Waals surface area contributed by atoms with E-state index >= 15 is 0 Å². The molecule has 1 aromatic carbocycles. The van der Waals surface area contributed by atoms with E-state index in [1.807, 2.05) is 6.92 Å². The van der Waals surface area contributed by atoms with Crippen LogP contribution in [0.4, 0.5) is 0 Å². The first-order valence-corrected chi connectivity index (χ1v) is 6.67. The van der Waals surface area contributed by atoms with Crippen LogP contribution in [-0.4, -0.2) is 19.2 Å². The Morgan fingerprint density at radius 1 is 1.24 bits per heavy atom. The topological polar surface area (TPSA) is 21.3 Å². The Bertz CT molecular complexity index is 383. The first-order valence-electron chi connectivity index (χ1n) is 6.67. The zero-order chi connectivity index (χ0) is 12.3. The second kappa shape index (κ2) is 5.54. The lowest BCUT2D eigenvalue weighted by Gasteiger charge is -2.12. The van der Waals surface area contributed by atoms with Crippen molar-refractivity contribution in [3.63, 3.8) is 0 Å². The molecule has 0 amide bonds. The summed E-state index contributed by atoms with van der Waals surface area (Å²) in [6.07, 6.45) is 3.85. The van der Waals surface area contributed by atoms with Crippen molar-refractivity contribution < 1.29 is 4.74 Å². The second-order valence-electron chi connectivity index (χ2n) is 4.96. The summed E-state index contributed by atoms with van der Waals surface area (Å²) in [4.78, 5) is 0. The summed E-state index contributed by atoms with van der Waals surface area (Å²) < 4.78 is 5.61.